The Bertz CT molecular complexity index is 426. The Labute approximate surface area is 109 Å². The molecule has 0 unspecified atom stereocenters. The Morgan fingerprint density at radius 3 is 2.78 bits per heavy atom. The highest BCUT2D eigenvalue weighted by Crippen LogP contribution is 2.28. The molecule has 18 heavy (non-hydrogen) atoms. The van der Waals surface area contributed by atoms with Gasteiger partial charge in [-0.05, 0) is 31.2 Å². The molecule has 1 saturated carbocycles. The monoisotopic (exact) mass is 245 g/mol. The first-order chi connectivity index (χ1) is 8.84. The lowest BCUT2D eigenvalue weighted by atomic mass is 9.87. The Morgan fingerprint density at radius 1 is 1.11 bits per heavy atom. The van der Waals surface area contributed by atoms with E-state index in [0.29, 0.717) is 5.78 Å². The zero-order valence-corrected chi connectivity index (χ0v) is 11.2. The van der Waals surface area contributed by atoms with Crippen molar-refractivity contribution in [3.63, 3.8) is 0 Å². The summed E-state index contributed by atoms with van der Waals surface area (Å²) in [4.78, 5) is 11.8. The summed E-state index contributed by atoms with van der Waals surface area (Å²) in [7, 11) is 0. The predicted molar refractivity (Wildman–Crippen MR) is 72.9 cm³/mol. The van der Waals surface area contributed by atoms with Gasteiger partial charge in [0.25, 0.3) is 0 Å². The quantitative estimate of drug-likeness (QED) is 0.789. The van der Waals surface area contributed by atoms with E-state index in [2.05, 4.69) is 10.8 Å². The average Bonchev–Trinajstić information content (AvgIpc) is 2.82. The minimum absolute atomic E-state index is 0.354. The molecular formula is C16H23NO. The van der Waals surface area contributed by atoms with E-state index in [0.717, 1.165) is 37.3 Å². The van der Waals surface area contributed by atoms with Gasteiger partial charge in [-0.3, -0.25) is 4.79 Å². The van der Waals surface area contributed by atoms with Crippen LogP contribution in [0.4, 0.5) is 0 Å². The summed E-state index contributed by atoms with van der Waals surface area (Å²) in [5.74, 6) is 1.28. The fourth-order valence-corrected chi connectivity index (χ4v) is 3.60. The lowest BCUT2D eigenvalue weighted by Crippen LogP contribution is -2.15. The molecular weight excluding hydrogens is 222 g/mol. The number of aryl methyl sites for hydroxylation is 1. The molecule has 0 bridgehead atoms. The number of hydrogen-bond acceptors (Lipinski definition) is 1. The van der Waals surface area contributed by atoms with E-state index in [1.165, 1.54) is 44.2 Å². The molecule has 2 aliphatic rings. The van der Waals surface area contributed by atoms with Crippen molar-refractivity contribution < 1.29 is 4.79 Å². The van der Waals surface area contributed by atoms with Gasteiger partial charge in [-0.2, -0.15) is 0 Å². The number of carbonyl (C=O) groups is 1. The van der Waals surface area contributed by atoms with Gasteiger partial charge in [0.2, 0.25) is 0 Å². The maximum Gasteiger partial charge on any atom is 0.164 e. The van der Waals surface area contributed by atoms with Crippen molar-refractivity contribution in [1.82, 2.24) is 4.57 Å². The Hall–Kier alpha value is -1.05. The smallest absolute Gasteiger partial charge is 0.164 e. The zero-order chi connectivity index (χ0) is 12.4. The first kappa shape index (κ1) is 12.0. The van der Waals surface area contributed by atoms with E-state index < -0.39 is 0 Å². The SMILES string of the molecule is O=C1CCCc2c1ccn2CCC1CCCCC1. The number of hydrogen-bond donors (Lipinski definition) is 0. The van der Waals surface area contributed by atoms with Crippen molar-refractivity contribution in [2.45, 2.75) is 64.3 Å². The van der Waals surface area contributed by atoms with Gasteiger partial charge < -0.3 is 4.57 Å². The lowest BCUT2D eigenvalue weighted by Gasteiger charge is -2.22. The van der Waals surface area contributed by atoms with Crippen LogP contribution < -0.4 is 0 Å². The molecule has 98 valence electrons. The van der Waals surface area contributed by atoms with Crippen molar-refractivity contribution in [3.8, 4) is 0 Å². The van der Waals surface area contributed by atoms with Gasteiger partial charge in [-0.25, -0.2) is 0 Å². The van der Waals surface area contributed by atoms with E-state index in [4.69, 9.17) is 0 Å². The molecule has 3 rings (SSSR count). The largest absolute Gasteiger partial charge is 0.351 e. The summed E-state index contributed by atoms with van der Waals surface area (Å²) >= 11 is 0. The number of rotatable bonds is 3. The van der Waals surface area contributed by atoms with Crippen LogP contribution in [0.25, 0.3) is 0 Å². The van der Waals surface area contributed by atoms with E-state index in [1.54, 1.807) is 0 Å². The highest BCUT2D eigenvalue weighted by Gasteiger charge is 2.21. The maximum atomic E-state index is 11.8. The molecule has 2 heteroatoms. The zero-order valence-electron chi connectivity index (χ0n) is 11.2. The number of carbonyl (C=O) groups excluding carboxylic acids is 1. The van der Waals surface area contributed by atoms with E-state index in [9.17, 15) is 4.79 Å². The Kier molecular flexibility index (Phi) is 3.53. The van der Waals surface area contributed by atoms with Crippen LogP contribution in [-0.2, 0) is 13.0 Å². The molecule has 0 atom stereocenters. The predicted octanol–water partition coefficient (Wildman–Crippen LogP) is 3.98. The van der Waals surface area contributed by atoms with Gasteiger partial charge in [0.05, 0.1) is 0 Å². The summed E-state index contributed by atoms with van der Waals surface area (Å²) < 4.78 is 2.35. The van der Waals surface area contributed by atoms with E-state index >= 15 is 0 Å². The number of ketones is 1. The highest BCUT2D eigenvalue weighted by molar-refractivity contribution is 5.98. The average molecular weight is 245 g/mol. The first-order valence-corrected chi connectivity index (χ1v) is 7.56. The fraction of sp³-hybridized carbons (Fsp3) is 0.688. The van der Waals surface area contributed by atoms with Crippen LogP contribution in [0.3, 0.4) is 0 Å². The third-order valence-corrected chi connectivity index (χ3v) is 4.70. The van der Waals surface area contributed by atoms with Gasteiger partial charge >= 0.3 is 0 Å². The summed E-state index contributed by atoms with van der Waals surface area (Å²) in [6, 6.07) is 2.04. The fourth-order valence-electron chi connectivity index (χ4n) is 3.60. The van der Waals surface area contributed by atoms with E-state index in [1.807, 2.05) is 6.07 Å². The van der Waals surface area contributed by atoms with E-state index in [-0.39, 0.29) is 0 Å². The summed E-state index contributed by atoms with van der Waals surface area (Å²) in [5, 5.41) is 0. The van der Waals surface area contributed by atoms with Crippen LogP contribution in [-0.4, -0.2) is 10.4 Å². The standard InChI is InChI=1S/C16H23NO/c18-16-8-4-7-15-14(16)10-12-17(15)11-9-13-5-2-1-3-6-13/h10,12-13H,1-9,11H2. The minimum atomic E-state index is 0.354. The third kappa shape index (κ3) is 2.38. The van der Waals surface area contributed by atoms with Crippen molar-refractivity contribution in [1.29, 1.82) is 0 Å². The Morgan fingerprint density at radius 2 is 1.94 bits per heavy atom. The topological polar surface area (TPSA) is 22.0 Å². The number of fused-ring (bicyclic) bond motifs is 1. The second-order valence-electron chi connectivity index (χ2n) is 5.94. The first-order valence-electron chi connectivity index (χ1n) is 7.56. The van der Waals surface area contributed by atoms with Crippen LogP contribution in [0.5, 0.6) is 0 Å². The summed E-state index contributed by atoms with van der Waals surface area (Å²) in [6.45, 7) is 1.12. The van der Waals surface area contributed by atoms with Gasteiger partial charge in [-0.1, -0.05) is 32.1 Å². The molecule has 0 radical (unpaired) electrons. The van der Waals surface area contributed by atoms with Crippen LogP contribution >= 0.6 is 0 Å². The van der Waals surface area contributed by atoms with Crippen molar-refractivity contribution >= 4 is 5.78 Å². The number of Topliss-reactive ketones (excluding diaryl/α,β-unsaturated/α-hetero) is 1. The van der Waals surface area contributed by atoms with Gasteiger partial charge in [0.15, 0.2) is 5.78 Å². The minimum Gasteiger partial charge on any atom is -0.351 e. The molecule has 0 aromatic carbocycles. The molecule has 1 heterocycles. The van der Waals surface area contributed by atoms with Crippen LogP contribution in [0.1, 0.15) is 67.4 Å². The second kappa shape index (κ2) is 5.29. The lowest BCUT2D eigenvalue weighted by molar-refractivity contribution is 0.0971. The summed E-state index contributed by atoms with van der Waals surface area (Å²) in [6.07, 6.45) is 13.4. The van der Waals surface area contributed by atoms with Gasteiger partial charge in [-0.15, -0.1) is 0 Å². The van der Waals surface area contributed by atoms with Gasteiger partial charge in [0.1, 0.15) is 0 Å². The van der Waals surface area contributed by atoms with Crippen LogP contribution in [0.15, 0.2) is 12.3 Å². The normalized spacial score (nSPS) is 21.0. The van der Waals surface area contributed by atoms with Gasteiger partial charge in [0, 0.05) is 30.4 Å². The molecule has 1 fully saturated rings. The third-order valence-electron chi connectivity index (χ3n) is 4.70. The molecule has 1 aromatic heterocycles. The molecule has 0 N–H and O–H groups in total. The molecule has 0 spiro atoms. The number of aromatic nitrogens is 1. The molecule has 1 aromatic rings. The maximum absolute atomic E-state index is 11.8. The molecule has 2 aliphatic carbocycles. The molecule has 0 saturated heterocycles. The molecule has 0 aliphatic heterocycles. The van der Waals surface area contributed by atoms with Crippen LogP contribution in [0.2, 0.25) is 0 Å². The Balaban J connectivity index is 1.64. The van der Waals surface area contributed by atoms with Crippen molar-refractivity contribution in [2.75, 3.05) is 0 Å². The van der Waals surface area contributed by atoms with Crippen molar-refractivity contribution in [2.24, 2.45) is 5.92 Å². The summed E-state index contributed by atoms with van der Waals surface area (Å²) in [5.41, 5.74) is 2.31. The molecule has 2 nitrogen and oxygen atoms in total. The van der Waals surface area contributed by atoms with Crippen LogP contribution in [0, 0.1) is 5.92 Å². The highest BCUT2D eigenvalue weighted by atomic mass is 16.1. The second-order valence-corrected chi connectivity index (χ2v) is 5.94. The number of nitrogens with zero attached hydrogens (tertiary/aromatic N) is 1. The van der Waals surface area contributed by atoms with Crippen molar-refractivity contribution in [3.05, 3.63) is 23.5 Å². The molecule has 0 amide bonds.